The molecule has 1 unspecified atom stereocenters. The summed E-state index contributed by atoms with van der Waals surface area (Å²) in [7, 11) is 6.14. The van der Waals surface area contributed by atoms with Crippen molar-refractivity contribution >= 4 is 34.5 Å². The lowest BCUT2D eigenvalue weighted by molar-refractivity contribution is -0.228. The second-order valence-electron chi connectivity index (χ2n) is 18.1. The predicted molar refractivity (Wildman–Crippen MR) is 216 cm³/mol. The number of carbonyl (C=O) groups excluding carboxylic acids is 3. The van der Waals surface area contributed by atoms with Crippen LogP contribution in [0, 0.1) is 11.3 Å². The molecule has 310 valence electrons. The molecule has 2 bridgehead atoms. The second-order valence-corrected chi connectivity index (χ2v) is 18.1. The van der Waals surface area contributed by atoms with E-state index in [2.05, 4.69) is 33.0 Å². The highest BCUT2D eigenvalue weighted by atomic mass is 16.6. The fourth-order valence-electron chi connectivity index (χ4n) is 13.4. The largest absolute Gasteiger partial charge is 0.496 e. The number of anilines is 1. The van der Waals surface area contributed by atoms with Crippen molar-refractivity contribution in [2.45, 2.75) is 93.1 Å². The van der Waals surface area contributed by atoms with Gasteiger partial charge in [0.05, 0.1) is 33.0 Å². The van der Waals surface area contributed by atoms with E-state index in [4.69, 9.17) is 18.9 Å². The summed E-state index contributed by atoms with van der Waals surface area (Å²) in [6.07, 6.45) is 5.32. The molecule has 10 atom stereocenters. The Hall–Kier alpha value is -4.43. The fraction of sp³-hybridized carbons (Fsp3) is 0.578. The number of aromatic nitrogens is 1. The van der Waals surface area contributed by atoms with Crippen molar-refractivity contribution in [3.8, 4) is 5.75 Å². The van der Waals surface area contributed by atoms with Crippen LogP contribution in [0.25, 0.3) is 10.9 Å². The average molecular weight is 797 g/mol. The number of piperidine rings is 1. The first kappa shape index (κ1) is 39.1. The van der Waals surface area contributed by atoms with Gasteiger partial charge in [0.2, 0.25) is 5.60 Å². The second kappa shape index (κ2) is 13.3. The molecule has 13 nitrogen and oxygen atoms in total. The zero-order valence-corrected chi connectivity index (χ0v) is 34.6. The summed E-state index contributed by atoms with van der Waals surface area (Å²) in [6, 6.07) is 10.9. The zero-order valence-electron chi connectivity index (χ0n) is 34.6. The summed E-state index contributed by atoms with van der Waals surface area (Å²) in [5.41, 5.74) is -1.68. The van der Waals surface area contributed by atoms with Crippen molar-refractivity contribution in [2.75, 3.05) is 66.0 Å². The third kappa shape index (κ3) is 4.99. The van der Waals surface area contributed by atoms with Crippen LogP contribution in [0.4, 0.5) is 5.69 Å². The van der Waals surface area contributed by atoms with Gasteiger partial charge in [-0.25, -0.2) is 4.79 Å². The molecule has 3 aromatic rings. The number of benzene rings is 2. The summed E-state index contributed by atoms with van der Waals surface area (Å²) < 4.78 is 23.9. The number of carbonyl (C=O) groups is 3. The zero-order chi connectivity index (χ0) is 41.2. The first-order valence-electron chi connectivity index (χ1n) is 20.7. The molecule has 3 fully saturated rings. The van der Waals surface area contributed by atoms with Crippen LogP contribution in [0.15, 0.2) is 48.6 Å². The van der Waals surface area contributed by atoms with Gasteiger partial charge >= 0.3 is 17.9 Å². The van der Waals surface area contributed by atoms with Crippen LogP contribution in [0.1, 0.15) is 68.8 Å². The van der Waals surface area contributed by atoms with Gasteiger partial charge < -0.3 is 39.0 Å². The van der Waals surface area contributed by atoms with E-state index >= 15 is 4.79 Å². The van der Waals surface area contributed by atoms with E-state index < -0.39 is 57.5 Å². The molecular formula is C45H56N4O9. The average Bonchev–Trinajstić information content (AvgIpc) is 3.86. The number of methoxy groups -OCH3 is 3. The lowest BCUT2D eigenvalue weighted by Crippen LogP contribution is -2.81. The molecular weight excluding hydrogens is 741 g/mol. The highest BCUT2D eigenvalue weighted by Gasteiger charge is 2.80. The molecule has 1 aromatic heterocycles. The molecule has 1 aliphatic carbocycles. The number of hydrogen-bond acceptors (Lipinski definition) is 12. The number of esters is 3. The van der Waals surface area contributed by atoms with Crippen LogP contribution in [-0.4, -0.2) is 133 Å². The molecule has 13 heteroatoms. The number of aliphatic hydroxyl groups is 2. The van der Waals surface area contributed by atoms with Gasteiger partial charge in [-0.2, -0.15) is 0 Å². The van der Waals surface area contributed by atoms with Crippen LogP contribution in [0.2, 0.25) is 0 Å². The number of nitrogens with zero attached hydrogens (tertiary/aromatic N) is 3. The summed E-state index contributed by atoms with van der Waals surface area (Å²) in [4.78, 5) is 53.0. The Kier molecular flexibility index (Phi) is 8.95. The summed E-state index contributed by atoms with van der Waals surface area (Å²) in [5.74, 6) is -1.58. The topological polar surface area (TPSA) is 154 Å². The monoisotopic (exact) mass is 796 g/mol. The number of hydrogen-bond donors (Lipinski definition) is 3. The van der Waals surface area contributed by atoms with Gasteiger partial charge in [-0.15, -0.1) is 0 Å². The summed E-state index contributed by atoms with van der Waals surface area (Å²) in [6.45, 7) is 8.44. The van der Waals surface area contributed by atoms with Crippen molar-refractivity contribution in [1.29, 1.82) is 0 Å². The van der Waals surface area contributed by atoms with Crippen LogP contribution < -0.4 is 9.64 Å². The maximum atomic E-state index is 15.3. The van der Waals surface area contributed by atoms with Gasteiger partial charge in [0.25, 0.3) is 0 Å². The van der Waals surface area contributed by atoms with E-state index in [9.17, 15) is 19.8 Å². The number of nitrogens with one attached hydrogen (secondary N) is 1. The third-order valence-electron chi connectivity index (χ3n) is 15.0. The van der Waals surface area contributed by atoms with Crippen LogP contribution in [0.5, 0.6) is 5.75 Å². The van der Waals surface area contributed by atoms with Crippen molar-refractivity contribution in [2.24, 2.45) is 11.3 Å². The van der Waals surface area contributed by atoms with Crippen molar-refractivity contribution in [3.63, 3.8) is 0 Å². The van der Waals surface area contributed by atoms with Gasteiger partial charge in [0.1, 0.15) is 11.2 Å². The maximum Gasteiger partial charge on any atom is 0.344 e. The molecule has 1 saturated carbocycles. The molecule has 5 aliphatic heterocycles. The summed E-state index contributed by atoms with van der Waals surface area (Å²) >= 11 is 0. The SMILES string of the molecule is CC[C@]12C=CCN3CC[C@@]4(c5cc([C@@]6(C(=O)OC)C[C@@H]7CN(CCc8c6[nH]c6ccccc86)C[C@](C)(O)C7)c(OC)cc5N(C)[C@H]4[C@@](O)(C(=O)OC)[C@@H]1OC(C)=O)[C@@H]32. The van der Waals surface area contributed by atoms with E-state index in [1.807, 2.05) is 56.1 Å². The highest BCUT2D eigenvalue weighted by molar-refractivity contribution is 5.95. The molecule has 9 rings (SSSR count). The van der Waals surface area contributed by atoms with Gasteiger partial charge in [0.15, 0.2) is 6.10 Å². The smallest absolute Gasteiger partial charge is 0.344 e. The van der Waals surface area contributed by atoms with E-state index in [1.165, 1.54) is 21.1 Å². The first-order chi connectivity index (χ1) is 27.7. The highest BCUT2D eigenvalue weighted by Crippen LogP contribution is 2.68. The van der Waals surface area contributed by atoms with Crippen LogP contribution in [0.3, 0.4) is 0 Å². The Morgan fingerprint density at radius 1 is 0.983 bits per heavy atom. The minimum atomic E-state index is -2.30. The lowest BCUT2D eigenvalue weighted by atomic mass is 9.47. The van der Waals surface area contributed by atoms with Crippen molar-refractivity contribution in [3.05, 3.63) is 70.9 Å². The minimum Gasteiger partial charge on any atom is -0.496 e. The van der Waals surface area contributed by atoms with E-state index in [0.29, 0.717) is 76.1 Å². The maximum absolute atomic E-state index is 15.3. The molecule has 0 radical (unpaired) electrons. The van der Waals surface area contributed by atoms with Gasteiger partial charge in [-0.1, -0.05) is 37.3 Å². The lowest BCUT2D eigenvalue weighted by Gasteiger charge is -2.63. The standard InChI is InChI=1S/C45H56N4O9/c1-8-42-15-11-17-49-19-16-43(36(42)49)30-20-31(34(55-5)21-33(30)47(4)37(43)45(54,40(52)57-7)38(42)58-26(2)50)44(39(51)56-6)23-27-22-41(3,53)25-48(24-27)18-14-29-28-12-9-10-13-32(28)46-35(29)44/h9-13,15,20-21,27,36-38,46,53-54H,8,14,16-19,22-25H2,1-7H3/t27-,36+,37-,38-,41-,42-,43-,44+,45+/m1/s1. The molecule has 3 N–H and O–H groups in total. The number of fused-ring (bicyclic) bond motifs is 6. The molecule has 6 heterocycles. The number of aromatic amines is 1. The number of para-hydroxylation sites is 1. The van der Waals surface area contributed by atoms with Crippen molar-refractivity contribution in [1.82, 2.24) is 14.8 Å². The molecule has 1 spiro atoms. The quantitative estimate of drug-likeness (QED) is 0.190. The normalized spacial score (nSPS) is 37.4. The van der Waals surface area contributed by atoms with Crippen molar-refractivity contribution < 1.29 is 43.5 Å². The molecule has 58 heavy (non-hydrogen) atoms. The predicted octanol–water partition coefficient (Wildman–Crippen LogP) is 3.60. The van der Waals surface area contributed by atoms with E-state index in [-0.39, 0.29) is 12.0 Å². The van der Waals surface area contributed by atoms with E-state index in [0.717, 1.165) is 33.4 Å². The Labute approximate surface area is 339 Å². The molecule has 2 aromatic carbocycles. The Bertz CT molecular complexity index is 2240. The fourth-order valence-corrected chi connectivity index (χ4v) is 13.4. The third-order valence-corrected chi connectivity index (χ3v) is 15.0. The molecule has 6 aliphatic rings. The van der Waals surface area contributed by atoms with E-state index in [1.54, 1.807) is 7.11 Å². The minimum absolute atomic E-state index is 0.103. The van der Waals surface area contributed by atoms with Gasteiger partial charge in [0, 0.05) is 90.9 Å². The van der Waals surface area contributed by atoms with Gasteiger partial charge in [-0.05, 0) is 74.8 Å². The molecule has 2 saturated heterocycles. The Balaban J connectivity index is 1.37. The number of likely N-dealkylation sites (N-methyl/N-ethyl adjacent to an activating group) is 1. The Morgan fingerprint density at radius 3 is 2.45 bits per heavy atom. The van der Waals surface area contributed by atoms with Crippen LogP contribution in [-0.2, 0) is 45.8 Å². The summed E-state index contributed by atoms with van der Waals surface area (Å²) in [5, 5.41) is 26.0. The number of H-pyrrole nitrogens is 1. The van der Waals surface area contributed by atoms with Gasteiger partial charge in [-0.3, -0.25) is 19.4 Å². The molecule has 0 amide bonds. The van der Waals surface area contributed by atoms with Crippen LogP contribution >= 0.6 is 0 Å². The number of ether oxygens (including phenoxy) is 4. The first-order valence-corrected chi connectivity index (χ1v) is 20.7. The number of rotatable bonds is 6. The Morgan fingerprint density at radius 2 is 1.74 bits per heavy atom.